The van der Waals surface area contributed by atoms with Gasteiger partial charge in [0.2, 0.25) is 5.91 Å². The van der Waals surface area contributed by atoms with Gasteiger partial charge in [0, 0.05) is 25.2 Å². The molecule has 3 N–H and O–H groups in total. The molecule has 1 aliphatic rings. The van der Waals surface area contributed by atoms with Crippen molar-refractivity contribution in [2.75, 3.05) is 23.7 Å². The highest BCUT2D eigenvalue weighted by Crippen LogP contribution is 2.32. The molecule has 1 saturated heterocycles. The van der Waals surface area contributed by atoms with Gasteiger partial charge in [-0.25, -0.2) is 4.98 Å². The Hall–Kier alpha value is -2.19. The molecule has 2 aromatic rings. The SMILES string of the molecule is CC1CCN(c2nc(C(F)(F)F)ccc2CNC(=O)Cc2cc(Cl)c(N)c(Cl)c2)CC1. The highest BCUT2D eigenvalue weighted by Gasteiger charge is 2.34. The van der Waals surface area contributed by atoms with E-state index < -0.39 is 11.9 Å². The van der Waals surface area contributed by atoms with Crippen LogP contribution in [0, 0.1) is 5.92 Å². The first-order valence-corrected chi connectivity index (χ1v) is 10.6. The lowest BCUT2D eigenvalue weighted by molar-refractivity contribution is -0.141. The van der Waals surface area contributed by atoms with Crippen LogP contribution in [0.1, 0.15) is 36.6 Å². The first-order valence-electron chi connectivity index (χ1n) is 9.86. The topological polar surface area (TPSA) is 71.2 Å². The number of carbonyl (C=O) groups is 1. The number of rotatable bonds is 5. The van der Waals surface area contributed by atoms with Gasteiger partial charge in [0.15, 0.2) is 0 Å². The summed E-state index contributed by atoms with van der Waals surface area (Å²) in [6.07, 6.45) is -2.78. The Balaban J connectivity index is 1.75. The van der Waals surface area contributed by atoms with Crippen LogP contribution in [0.25, 0.3) is 0 Å². The minimum absolute atomic E-state index is 0.00431. The average Bonchev–Trinajstić information content (AvgIpc) is 2.70. The van der Waals surface area contributed by atoms with E-state index in [1.165, 1.54) is 6.07 Å². The van der Waals surface area contributed by atoms with Gasteiger partial charge in [-0.1, -0.05) is 36.2 Å². The summed E-state index contributed by atoms with van der Waals surface area (Å²) in [5.41, 5.74) is 6.11. The van der Waals surface area contributed by atoms with E-state index in [1.807, 2.05) is 4.90 Å². The number of hydrogen-bond donors (Lipinski definition) is 2. The van der Waals surface area contributed by atoms with E-state index in [0.717, 1.165) is 18.9 Å². The Morgan fingerprint density at radius 1 is 1.23 bits per heavy atom. The molecule has 0 radical (unpaired) electrons. The summed E-state index contributed by atoms with van der Waals surface area (Å²) in [6.45, 7) is 3.42. The molecule has 1 amide bonds. The third-order valence-electron chi connectivity index (χ3n) is 5.31. The van der Waals surface area contributed by atoms with Gasteiger partial charge in [-0.05, 0) is 42.5 Å². The van der Waals surface area contributed by atoms with Crippen LogP contribution in [0.4, 0.5) is 24.7 Å². The summed E-state index contributed by atoms with van der Waals surface area (Å²) in [5, 5.41) is 3.25. The number of amides is 1. The number of nitrogens with two attached hydrogens (primary N) is 1. The highest BCUT2D eigenvalue weighted by molar-refractivity contribution is 6.38. The Labute approximate surface area is 188 Å². The molecule has 1 aromatic carbocycles. The van der Waals surface area contributed by atoms with Crippen LogP contribution in [-0.2, 0) is 23.9 Å². The Bertz CT molecular complexity index is 937. The van der Waals surface area contributed by atoms with Gasteiger partial charge in [-0.3, -0.25) is 4.79 Å². The Morgan fingerprint density at radius 3 is 2.42 bits per heavy atom. The quantitative estimate of drug-likeness (QED) is 0.592. The fourth-order valence-electron chi connectivity index (χ4n) is 3.45. The van der Waals surface area contributed by atoms with Gasteiger partial charge >= 0.3 is 6.18 Å². The zero-order valence-electron chi connectivity index (χ0n) is 16.9. The number of piperidine rings is 1. The number of nitrogen functional groups attached to an aromatic ring is 1. The van der Waals surface area contributed by atoms with Crippen LogP contribution in [0.5, 0.6) is 0 Å². The molecule has 0 bridgehead atoms. The van der Waals surface area contributed by atoms with Crippen LogP contribution < -0.4 is 16.0 Å². The number of alkyl halides is 3. The van der Waals surface area contributed by atoms with Crippen LogP contribution in [-0.4, -0.2) is 24.0 Å². The lowest BCUT2D eigenvalue weighted by Gasteiger charge is -2.33. The summed E-state index contributed by atoms with van der Waals surface area (Å²) in [4.78, 5) is 18.2. The standard InChI is InChI=1S/C21H23Cl2F3N4O/c1-12-4-6-30(7-5-12)20-14(2-3-17(29-20)21(24,25)26)11-28-18(31)10-13-8-15(22)19(27)16(23)9-13/h2-3,8-9,12H,4-7,10-11,27H2,1H3,(H,28,31). The molecule has 31 heavy (non-hydrogen) atoms. The second-order valence-electron chi connectivity index (χ2n) is 7.77. The number of carbonyl (C=O) groups excluding carboxylic acids is 1. The second-order valence-corrected chi connectivity index (χ2v) is 8.59. The molecule has 0 spiro atoms. The molecule has 0 aliphatic carbocycles. The van der Waals surface area contributed by atoms with E-state index in [2.05, 4.69) is 17.2 Å². The van der Waals surface area contributed by atoms with Crippen molar-refractivity contribution in [2.24, 2.45) is 5.92 Å². The highest BCUT2D eigenvalue weighted by atomic mass is 35.5. The monoisotopic (exact) mass is 474 g/mol. The first kappa shape index (κ1) is 23.5. The number of hydrogen-bond acceptors (Lipinski definition) is 4. The van der Waals surface area contributed by atoms with Gasteiger partial charge in [-0.2, -0.15) is 13.2 Å². The molecule has 168 valence electrons. The molecule has 1 aromatic heterocycles. The van der Waals surface area contributed by atoms with Gasteiger partial charge < -0.3 is 16.0 Å². The van der Waals surface area contributed by atoms with Crippen molar-refractivity contribution < 1.29 is 18.0 Å². The van der Waals surface area contributed by atoms with Crippen molar-refractivity contribution >= 4 is 40.6 Å². The van der Waals surface area contributed by atoms with Crippen molar-refractivity contribution in [2.45, 2.75) is 38.9 Å². The maximum Gasteiger partial charge on any atom is 0.433 e. The van der Waals surface area contributed by atoms with E-state index in [-0.39, 0.29) is 40.4 Å². The van der Waals surface area contributed by atoms with Gasteiger partial charge in [0.05, 0.1) is 22.2 Å². The molecule has 1 aliphatic heterocycles. The number of nitrogens with zero attached hydrogens (tertiary/aromatic N) is 2. The summed E-state index contributed by atoms with van der Waals surface area (Å²) in [6, 6.07) is 5.43. The van der Waals surface area contributed by atoms with E-state index in [0.29, 0.717) is 30.1 Å². The first-order chi connectivity index (χ1) is 14.5. The summed E-state index contributed by atoms with van der Waals surface area (Å²) >= 11 is 12.0. The molecular formula is C21H23Cl2F3N4O. The Morgan fingerprint density at radius 2 is 1.84 bits per heavy atom. The minimum Gasteiger partial charge on any atom is -0.396 e. The number of anilines is 2. The molecule has 10 heteroatoms. The molecule has 2 heterocycles. The summed E-state index contributed by atoms with van der Waals surface area (Å²) < 4.78 is 39.6. The zero-order chi connectivity index (χ0) is 22.8. The van der Waals surface area contributed by atoms with Crippen LogP contribution >= 0.6 is 23.2 Å². The largest absolute Gasteiger partial charge is 0.433 e. The lowest BCUT2D eigenvalue weighted by Crippen LogP contribution is -2.35. The van der Waals surface area contributed by atoms with Crippen molar-refractivity contribution in [3.05, 3.63) is 51.1 Å². The number of benzene rings is 1. The van der Waals surface area contributed by atoms with E-state index in [1.54, 1.807) is 12.1 Å². The normalized spacial score (nSPS) is 15.2. The summed E-state index contributed by atoms with van der Waals surface area (Å²) in [7, 11) is 0. The van der Waals surface area contributed by atoms with Crippen LogP contribution in [0.15, 0.2) is 24.3 Å². The average molecular weight is 475 g/mol. The van der Waals surface area contributed by atoms with Crippen molar-refractivity contribution in [3.8, 4) is 0 Å². The zero-order valence-corrected chi connectivity index (χ0v) is 18.4. The number of nitrogens with one attached hydrogen (secondary N) is 1. The lowest BCUT2D eigenvalue weighted by atomic mass is 9.99. The van der Waals surface area contributed by atoms with E-state index in [4.69, 9.17) is 28.9 Å². The third kappa shape index (κ3) is 5.95. The Kier molecular flexibility index (Phi) is 7.21. The predicted octanol–water partition coefficient (Wildman–Crippen LogP) is 5.08. The number of halogens is 5. The van der Waals surface area contributed by atoms with Gasteiger partial charge in [0.25, 0.3) is 0 Å². The summed E-state index contributed by atoms with van der Waals surface area (Å²) in [5.74, 6) is 0.458. The molecule has 0 saturated carbocycles. The van der Waals surface area contributed by atoms with E-state index >= 15 is 0 Å². The molecule has 0 atom stereocenters. The van der Waals surface area contributed by atoms with Gasteiger partial charge in [-0.15, -0.1) is 0 Å². The maximum atomic E-state index is 13.2. The molecule has 5 nitrogen and oxygen atoms in total. The fourth-order valence-corrected chi connectivity index (χ4v) is 3.98. The van der Waals surface area contributed by atoms with Gasteiger partial charge in [0.1, 0.15) is 11.5 Å². The smallest absolute Gasteiger partial charge is 0.396 e. The number of pyridine rings is 1. The third-order valence-corrected chi connectivity index (χ3v) is 5.93. The van der Waals surface area contributed by atoms with Crippen LogP contribution in [0.2, 0.25) is 10.0 Å². The molecular weight excluding hydrogens is 452 g/mol. The molecule has 0 unspecified atom stereocenters. The van der Waals surface area contributed by atoms with Crippen LogP contribution in [0.3, 0.4) is 0 Å². The number of aromatic nitrogens is 1. The second kappa shape index (κ2) is 9.53. The predicted molar refractivity (Wildman–Crippen MR) is 116 cm³/mol. The van der Waals surface area contributed by atoms with Crippen molar-refractivity contribution in [1.82, 2.24) is 10.3 Å². The van der Waals surface area contributed by atoms with Crippen molar-refractivity contribution in [3.63, 3.8) is 0 Å². The maximum absolute atomic E-state index is 13.2. The molecule has 3 rings (SSSR count). The minimum atomic E-state index is -4.53. The van der Waals surface area contributed by atoms with E-state index in [9.17, 15) is 18.0 Å². The van der Waals surface area contributed by atoms with Crippen molar-refractivity contribution in [1.29, 1.82) is 0 Å². The fraction of sp³-hybridized carbons (Fsp3) is 0.429. The molecule has 1 fully saturated rings.